The van der Waals surface area contributed by atoms with Crippen LogP contribution in [-0.2, 0) is 9.47 Å². The predicted molar refractivity (Wildman–Crippen MR) is 67.1 cm³/mol. The fourth-order valence-corrected chi connectivity index (χ4v) is 2.03. The highest BCUT2D eigenvalue weighted by Gasteiger charge is 2.19. The van der Waals surface area contributed by atoms with Crippen LogP contribution in [0.2, 0.25) is 0 Å². The molecule has 0 saturated carbocycles. The van der Waals surface area contributed by atoms with Crippen molar-refractivity contribution >= 4 is 6.09 Å². The van der Waals surface area contributed by atoms with Gasteiger partial charge in [0.15, 0.2) is 0 Å². The van der Waals surface area contributed by atoms with E-state index in [0.717, 1.165) is 51.8 Å². The van der Waals surface area contributed by atoms with Gasteiger partial charge in [0, 0.05) is 19.7 Å². The van der Waals surface area contributed by atoms with Crippen LogP contribution in [0.5, 0.6) is 0 Å². The molecule has 0 aromatic carbocycles. The lowest BCUT2D eigenvalue weighted by Crippen LogP contribution is -2.34. The minimum Gasteiger partial charge on any atom is -0.450 e. The van der Waals surface area contributed by atoms with Gasteiger partial charge in [-0.1, -0.05) is 13.3 Å². The second kappa shape index (κ2) is 8.34. The zero-order valence-electron chi connectivity index (χ0n) is 11.1. The van der Waals surface area contributed by atoms with E-state index in [4.69, 9.17) is 9.47 Å². The number of nitrogens with zero attached hydrogens (tertiary/aromatic N) is 1. The van der Waals surface area contributed by atoms with Gasteiger partial charge in [-0.05, 0) is 32.6 Å². The first-order valence-corrected chi connectivity index (χ1v) is 6.81. The topological polar surface area (TPSA) is 38.8 Å². The third-order valence-electron chi connectivity index (χ3n) is 3.05. The second-order valence-electron chi connectivity index (χ2n) is 4.46. The molecule has 0 radical (unpaired) electrons. The molecule has 1 rings (SSSR count). The number of hydrogen-bond donors (Lipinski definition) is 0. The van der Waals surface area contributed by atoms with Gasteiger partial charge in [-0.2, -0.15) is 0 Å². The minimum atomic E-state index is -0.182. The van der Waals surface area contributed by atoms with Gasteiger partial charge in [0.25, 0.3) is 0 Å². The molecular weight excluding hydrogens is 218 g/mol. The molecular formula is C13H25NO3. The van der Waals surface area contributed by atoms with E-state index in [1.807, 2.05) is 11.8 Å². The average molecular weight is 243 g/mol. The maximum atomic E-state index is 11.7. The molecule has 0 bridgehead atoms. The van der Waals surface area contributed by atoms with Gasteiger partial charge in [0.1, 0.15) is 0 Å². The summed E-state index contributed by atoms with van der Waals surface area (Å²) >= 11 is 0. The van der Waals surface area contributed by atoms with Gasteiger partial charge in [0.05, 0.1) is 12.7 Å². The third-order valence-corrected chi connectivity index (χ3v) is 3.05. The Morgan fingerprint density at radius 3 is 2.82 bits per heavy atom. The third kappa shape index (κ3) is 5.39. The van der Waals surface area contributed by atoms with Crippen molar-refractivity contribution in [3.63, 3.8) is 0 Å². The molecule has 0 aliphatic carbocycles. The van der Waals surface area contributed by atoms with Crippen LogP contribution in [0, 0.1) is 0 Å². The molecule has 0 aromatic rings. The molecule has 1 fully saturated rings. The molecule has 4 heteroatoms. The van der Waals surface area contributed by atoms with Crippen LogP contribution < -0.4 is 0 Å². The fourth-order valence-electron chi connectivity index (χ4n) is 2.03. The van der Waals surface area contributed by atoms with Crippen molar-refractivity contribution in [2.75, 3.05) is 26.3 Å². The van der Waals surface area contributed by atoms with E-state index >= 15 is 0 Å². The number of ether oxygens (including phenoxy) is 2. The highest BCUT2D eigenvalue weighted by molar-refractivity contribution is 5.67. The summed E-state index contributed by atoms with van der Waals surface area (Å²) in [4.78, 5) is 13.5. The molecule has 4 nitrogen and oxygen atoms in total. The van der Waals surface area contributed by atoms with Crippen LogP contribution in [0.15, 0.2) is 0 Å². The SMILES string of the molecule is CCCCN(CCC1CCCO1)C(=O)OCC. The minimum absolute atomic E-state index is 0.182. The van der Waals surface area contributed by atoms with Crippen LogP contribution in [-0.4, -0.2) is 43.4 Å². The fraction of sp³-hybridized carbons (Fsp3) is 0.923. The van der Waals surface area contributed by atoms with Crippen LogP contribution in [0.4, 0.5) is 4.79 Å². The Morgan fingerprint density at radius 2 is 2.24 bits per heavy atom. The normalized spacial score (nSPS) is 19.3. The molecule has 1 atom stereocenters. The van der Waals surface area contributed by atoms with Gasteiger partial charge in [-0.15, -0.1) is 0 Å². The van der Waals surface area contributed by atoms with Gasteiger partial charge in [-0.25, -0.2) is 4.79 Å². The van der Waals surface area contributed by atoms with Gasteiger partial charge >= 0.3 is 6.09 Å². The van der Waals surface area contributed by atoms with Crippen molar-refractivity contribution in [1.82, 2.24) is 4.90 Å². The second-order valence-corrected chi connectivity index (χ2v) is 4.46. The molecule has 1 unspecified atom stereocenters. The van der Waals surface area contributed by atoms with Crippen molar-refractivity contribution in [2.45, 2.75) is 52.1 Å². The molecule has 0 spiro atoms. The zero-order chi connectivity index (χ0) is 12.5. The monoisotopic (exact) mass is 243 g/mol. The summed E-state index contributed by atoms with van der Waals surface area (Å²) in [7, 11) is 0. The highest BCUT2D eigenvalue weighted by atomic mass is 16.6. The summed E-state index contributed by atoms with van der Waals surface area (Å²) in [6.45, 7) is 6.84. The van der Waals surface area contributed by atoms with E-state index in [0.29, 0.717) is 12.7 Å². The Morgan fingerprint density at radius 1 is 1.41 bits per heavy atom. The number of amides is 1. The largest absolute Gasteiger partial charge is 0.450 e. The molecule has 1 heterocycles. The van der Waals surface area contributed by atoms with Gasteiger partial charge < -0.3 is 14.4 Å². The smallest absolute Gasteiger partial charge is 0.409 e. The van der Waals surface area contributed by atoms with Crippen LogP contribution in [0.1, 0.15) is 46.0 Å². The van der Waals surface area contributed by atoms with E-state index in [1.165, 1.54) is 0 Å². The summed E-state index contributed by atoms with van der Waals surface area (Å²) < 4.78 is 10.6. The lowest BCUT2D eigenvalue weighted by Gasteiger charge is -2.23. The summed E-state index contributed by atoms with van der Waals surface area (Å²) in [6, 6.07) is 0. The van der Waals surface area contributed by atoms with Crippen molar-refractivity contribution in [2.24, 2.45) is 0 Å². The Hall–Kier alpha value is -0.770. The Labute approximate surface area is 104 Å². The molecule has 100 valence electrons. The molecule has 1 aliphatic rings. The predicted octanol–water partition coefficient (Wildman–Crippen LogP) is 2.81. The van der Waals surface area contributed by atoms with Crippen molar-refractivity contribution in [3.05, 3.63) is 0 Å². The van der Waals surface area contributed by atoms with Crippen LogP contribution in [0.25, 0.3) is 0 Å². The van der Waals surface area contributed by atoms with Crippen molar-refractivity contribution in [3.8, 4) is 0 Å². The number of carbonyl (C=O) groups excluding carboxylic acids is 1. The summed E-state index contributed by atoms with van der Waals surface area (Å²) in [5, 5.41) is 0. The number of hydrogen-bond acceptors (Lipinski definition) is 3. The lowest BCUT2D eigenvalue weighted by atomic mass is 10.2. The number of carbonyl (C=O) groups is 1. The first kappa shape index (κ1) is 14.3. The summed E-state index contributed by atoms with van der Waals surface area (Å²) in [5.74, 6) is 0. The first-order chi connectivity index (χ1) is 8.27. The van der Waals surface area contributed by atoms with E-state index < -0.39 is 0 Å². The van der Waals surface area contributed by atoms with Crippen LogP contribution in [0.3, 0.4) is 0 Å². The summed E-state index contributed by atoms with van der Waals surface area (Å²) in [5.41, 5.74) is 0. The first-order valence-electron chi connectivity index (χ1n) is 6.81. The standard InChI is InChI=1S/C13H25NO3/c1-3-5-9-14(13(15)16-4-2)10-8-12-7-6-11-17-12/h12H,3-11H2,1-2H3. The zero-order valence-corrected chi connectivity index (χ0v) is 11.1. The van der Waals surface area contributed by atoms with Gasteiger partial charge in [0.2, 0.25) is 0 Å². The molecule has 1 aliphatic heterocycles. The highest BCUT2D eigenvalue weighted by Crippen LogP contribution is 2.16. The molecule has 1 amide bonds. The summed E-state index contributed by atoms with van der Waals surface area (Å²) in [6.07, 6.45) is 5.50. The maximum absolute atomic E-state index is 11.7. The molecule has 17 heavy (non-hydrogen) atoms. The number of rotatable bonds is 7. The van der Waals surface area contributed by atoms with E-state index in [9.17, 15) is 4.79 Å². The van der Waals surface area contributed by atoms with Crippen LogP contribution >= 0.6 is 0 Å². The lowest BCUT2D eigenvalue weighted by molar-refractivity contribution is 0.0787. The van der Waals surface area contributed by atoms with Gasteiger partial charge in [-0.3, -0.25) is 0 Å². The molecule has 0 aromatic heterocycles. The Bertz CT molecular complexity index is 215. The van der Waals surface area contributed by atoms with Crippen molar-refractivity contribution in [1.29, 1.82) is 0 Å². The Kier molecular flexibility index (Phi) is 7.01. The van der Waals surface area contributed by atoms with E-state index in [2.05, 4.69) is 6.92 Å². The molecule has 0 N–H and O–H groups in total. The van der Waals surface area contributed by atoms with E-state index in [1.54, 1.807) is 0 Å². The quantitative estimate of drug-likeness (QED) is 0.690. The molecule has 1 saturated heterocycles. The average Bonchev–Trinajstić information content (AvgIpc) is 2.82. The Balaban J connectivity index is 2.30. The number of unbranched alkanes of at least 4 members (excludes halogenated alkanes) is 1. The van der Waals surface area contributed by atoms with Crippen molar-refractivity contribution < 1.29 is 14.3 Å². The van der Waals surface area contributed by atoms with E-state index in [-0.39, 0.29) is 6.09 Å². The maximum Gasteiger partial charge on any atom is 0.409 e.